The van der Waals surface area contributed by atoms with Crippen molar-refractivity contribution in [2.24, 2.45) is 0 Å². The fourth-order valence-electron chi connectivity index (χ4n) is 2.75. The summed E-state index contributed by atoms with van der Waals surface area (Å²) >= 11 is 1.40. The number of anilines is 2. The Balaban J connectivity index is 1.93. The molecule has 0 atom stereocenters. The van der Waals surface area contributed by atoms with Gasteiger partial charge in [0.2, 0.25) is 0 Å². The van der Waals surface area contributed by atoms with Crippen molar-refractivity contribution in [3.63, 3.8) is 0 Å². The predicted octanol–water partition coefficient (Wildman–Crippen LogP) is 5.44. The number of benzene rings is 2. The van der Waals surface area contributed by atoms with Gasteiger partial charge in [0, 0.05) is 26.0 Å². The molecule has 0 aliphatic rings. The molecule has 1 N–H and O–H groups in total. The van der Waals surface area contributed by atoms with E-state index in [0.717, 1.165) is 11.4 Å². The van der Waals surface area contributed by atoms with Crippen LogP contribution in [0.3, 0.4) is 0 Å². The topological polar surface area (TPSA) is 76.6 Å². The lowest BCUT2D eigenvalue weighted by Crippen LogP contribution is -2.14. The van der Waals surface area contributed by atoms with Gasteiger partial charge in [0.05, 0.1) is 12.3 Å². The third-order valence-corrected chi connectivity index (χ3v) is 4.75. The predicted molar refractivity (Wildman–Crippen MR) is 129 cm³/mol. The lowest BCUT2D eigenvalue weighted by molar-refractivity contribution is 0.0526. The first-order chi connectivity index (χ1) is 15.5. The van der Waals surface area contributed by atoms with Gasteiger partial charge in [0.1, 0.15) is 22.9 Å². The molecule has 0 unspecified atom stereocenters. The second kappa shape index (κ2) is 11.2. The zero-order valence-electron chi connectivity index (χ0n) is 18.5. The highest BCUT2D eigenvalue weighted by Gasteiger charge is 2.21. The van der Waals surface area contributed by atoms with Crippen LogP contribution in [-0.2, 0) is 4.74 Å². The van der Waals surface area contributed by atoms with Gasteiger partial charge in [0.25, 0.3) is 0 Å². The summed E-state index contributed by atoms with van der Waals surface area (Å²) in [4.78, 5) is 23.7. The van der Waals surface area contributed by atoms with E-state index in [4.69, 9.17) is 9.47 Å². The quantitative estimate of drug-likeness (QED) is 0.262. The van der Waals surface area contributed by atoms with Crippen LogP contribution in [0.2, 0.25) is 0 Å². The summed E-state index contributed by atoms with van der Waals surface area (Å²) in [5, 5.41) is 3.78. The number of thioether (sulfide) groups is 1. The van der Waals surface area contributed by atoms with E-state index in [9.17, 15) is 4.79 Å². The third-order valence-electron chi connectivity index (χ3n) is 4.21. The van der Waals surface area contributed by atoms with Crippen molar-refractivity contribution in [1.82, 2.24) is 14.9 Å². The molecule has 0 fully saturated rings. The first-order valence-corrected chi connectivity index (χ1v) is 11.3. The largest absolute Gasteiger partial charge is 0.462 e. The molecule has 0 aliphatic carbocycles. The van der Waals surface area contributed by atoms with E-state index in [1.54, 1.807) is 13.0 Å². The first kappa shape index (κ1) is 23.1. The molecule has 0 amide bonds. The summed E-state index contributed by atoms with van der Waals surface area (Å²) in [6.07, 6.45) is 5.49. The van der Waals surface area contributed by atoms with E-state index in [1.165, 1.54) is 11.8 Å². The van der Waals surface area contributed by atoms with Gasteiger partial charge in [-0.2, -0.15) is 0 Å². The monoisotopic (exact) mass is 450 g/mol. The summed E-state index contributed by atoms with van der Waals surface area (Å²) in [7, 11) is 3.80. The van der Waals surface area contributed by atoms with Crippen LogP contribution < -0.4 is 10.1 Å². The number of para-hydroxylation sites is 1. The zero-order valence-corrected chi connectivity index (χ0v) is 19.3. The van der Waals surface area contributed by atoms with Crippen molar-refractivity contribution >= 4 is 35.3 Å². The molecular weight excluding hydrogens is 424 g/mol. The van der Waals surface area contributed by atoms with Crippen molar-refractivity contribution in [3.8, 4) is 11.5 Å². The number of hydrogen-bond acceptors (Lipinski definition) is 8. The minimum absolute atomic E-state index is 0.255. The molecule has 166 valence electrons. The molecule has 0 radical (unpaired) electrons. The molecule has 8 heteroatoms. The van der Waals surface area contributed by atoms with Crippen LogP contribution in [0.5, 0.6) is 11.5 Å². The average Bonchev–Trinajstić information content (AvgIpc) is 2.79. The van der Waals surface area contributed by atoms with Crippen LogP contribution in [-0.4, -0.2) is 47.8 Å². The van der Waals surface area contributed by atoms with Crippen LogP contribution in [0.4, 0.5) is 11.5 Å². The van der Waals surface area contributed by atoms with Gasteiger partial charge < -0.3 is 19.7 Å². The normalized spacial score (nSPS) is 10.8. The Labute approximate surface area is 192 Å². The highest BCUT2D eigenvalue weighted by Crippen LogP contribution is 2.28. The van der Waals surface area contributed by atoms with Gasteiger partial charge in [-0.1, -0.05) is 30.0 Å². The van der Waals surface area contributed by atoms with E-state index in [-0.39, 0.29) is 12.2 Å². The number of aromatic nitrogens is 2. The SMILES string of the molecule is CCOC(=O)c1c(/C=C/N(C)C)nc(SC)nc1Nc1ccc(Oc2ccccc2)cc1. The maximum absolute atomic E-state index is 12.8. The molecular formula is C24H26N4O3S. The number of esters is 1. The summed E-state index contributed by atoms with van der Waals surface area (Å²) < 4.78 is 11.1. The van der Waals surface area contributed by atoms with Gasteiger partial charge in [-0.05, 0) is 55.7 Å². The van der Waals surface area contributed by atoms with Crippen LogP contribution in [0.1, 0.15) is 23.0 Å². The Morgan fingerprint density at radius 2 is 1.75 bits per heavy atom. The van der Waals surface area contributed by atoms with E-state index in [0.29, 0.717) is 22.4 Å². The van der Waals surface area contributed by atoms with E-state index in [2.05, 4.69) is 15.3 Å². The molecule has 0 bridgehead atoms. The van der Waals surface area contributed by atoms with Gasteiger partial charge in [-0.25, -0.2) is 14.8 Å². The Bertz CT molecular complexity index is 1070. The van der Waals surface area contributed by atoms with E-state index < -0.39 is 5.97 Å². The van der Waals surface area contributed by atoms with Crippen molar-refractivity contribution < 1.29 is 14.3 Å². The number of carbonyl (C=O) groups is 1. The van der Waals surface area contributed by atoms with Gasteiger partial charge in [-0.15, -0.1) is 0 Å². The smallest absolute Gasteiger partial charge is 0.344 e. The number of carbonyl (C=O) groups excluding carboxylic acids is 1. The van der Waals surface area contributed by atoms with Gasteiger partial charge in [0.15, 0.2) is 5.16 Å². The van der Waals surface area contributed by atoms with Crippen LogP contribution in [0, 0.1) is 0 Å². The number of nitrogens with one attached hydrogen (secondary N) is 1. The molecule has 32 heavy (non-hydrogen) atoms. The lowest BCUT2D eigenvalue weighted by Gasteiger charge is -2.15. The summed E-state index contributed by atoms with van der Waals surface area (Å²) in [6.45, 7) is 2.02. The molecule has 3 rings (SSSR count). The molecule has 1 heterocycles. The molecule has 3 aromatic rings. The minimum Gasteiger partial charge on any atom is -0.462 e. The summed E-state index contributed by atoms with van der Waals surface area (Å²) in [5.41, 5.74) is 1.53. The fourth-order valence-corrected chi connectivity index (χ4v) is 3.12. The lowest BCUT2D eigenvalue weighted by atomic mass is 10.2. The van der Waals surface area contributed by atoms with Gasteiger partial charge >= 0.3 is 5.97 Å². The standard InChI is InChI=1S/C24H26N4O3S/c1-5-30-23(29)21-20(15-16-28(2)3)26-24(32-4)27-22(21)25-17-11-13-19(14-12-17)31-18-9-7-6-8-10-18/h6-16H,5H2,1-4H3,(H,25,26,27)/b16-15+. The number of nitrogens with zero attached hydrogens (tertiary/aromatic N) is 3. The van der Waals surface area contributed by atoms with E-state index >= 15 is 0 Å². The average molecular weight is 451 g/mol. The molecule has 1 aromatic heterocycles. The molecule has 0 saturated heterocycles. The Morgan fingerprint density at radius 1 is 1.06 bits per heavy atom. The zero-order chi connectivity index (χ0) is 22.9. The van der Waals surface area contributed by atoms with Crippen LogP contribution >= 0.6 is 11.8 Å². The van der Waals surface area contributed by atoms with E-state index in [1.807, 2.05) is 86.0 Å². The molecule has 2 aromatic carbocycles. The van der Waals surface area contributed by atoms with Crippen LogP contribution in [0.15, 0.2) is 66.0 Å². The molecule has 7 nitrogen and oxygen atoms in total. The maximum atomic E-state index is 12.8. The number of ether oxygens (including phenoxy) is 2. The number of hydrogen-bond donors (Lipinski definition) is 1. The maximum Gasteiger partial charge on any atom is 0.344 e. The molecule has 0 aliphatic heterocycles. The van der Waals surface area contributed by atoms with Crippen molar-refractivity contribution in [3.05, 3.63) is 72.1 Å². The van der Waals surface area contributed by atoms with Crippen molar-refractivity contribution in [2.75, 3.05) is 32.3 Å². The summed E-state index contributed by atoms with van der Waals surface area (Å²) in [5.74, 6) is 1.37. The first-order valence-electron chi connectivity index (χ1n) is 10.1. The minimum atomic E-state index is -0.481. The highest BCUT2D eigenvalue weighted by molar-refractivity contribution is 7.98. The third kappa shape index (κ3) is 6.24. The van der Waals surface area contributed by atoms with Crippen LogP contribution in [0.25, 0.3) is 6.08 Å². The highest BCUT2D eigenvalue weighted by atomic mass is 32.2. The van der Waals surface area contributed by atoms with Crippen molar-refractivity contribution in [1.29, 1.82) is 0 Å². The number of rotatable bonds is 9. The summed E-state index contributed by atoms with van der Waals surface area (Å²) in [6, 6.07) is 17.0. The Morgan fingerprint density at radius 3 is 2.38 bits per heavy atom. The van der Waals surface area contributed by atoms with Gasteiger partial charge in [-0.3, -0.25) is 0 Å². The second-order valence-corrected chi connectivity index (χ2v) is 7.66. The molecule has 0 spiro atoms. The Kier molecular flexibility index (Phi) is 8.10. The second-order valence-electron chi connectivity index (χ2n) is 6.88. The fraction of sp³-hybridized carbons (Fsp3) is 0.208. The van der Waals surface area contributed by atoms with Crippen molar-refractivity contribution in [2.45, 2.75) is 12.1 Å². The Hall–Kier alpha value is -3.52. The molecule has 0 saturated carbocycles.